The number of carbonyl (C=O) groups excluding carboxylic acids is 2. The van der Waals surface area contributed by atoms with Crippen molar-refractivity contribution in [2.24, 2.45) is 0 Å². The molecule has 0 amide bonds. The van der Waals surface area contributed by atoms with E-state index >= 15 is 0 Å². The van der Waals surface area contributed by atoms with Crippen molar-refractivity contribution in [3.63, 3.8) is 0 Å². The summed E-state index contributed by atoms with van der Waals surface area (Å²) in [4.78, 5) is 27.2. The van der Waals surface area contributed by atoms with E-state index in [0.29, 0.717) is 0 Å². The Balaban J connectivity index is 2.07. The van der Waals surface area contributed by atoms with Crippen molar-refractivity contribution >= 4 is 29.5 Å². The van der Waals surface area contributed by atoms with Gasteiger partial charge in [0.25, 0.3) is 11.9 Å². The van der Waals surface area contributed by atoms with Gasteiger partial charge in [-0.3, -0.25) is 4.90 Å². The van der Waals surface area contributed by atoms with Crippen LogP contribution in [0.1, 0.15) is 17.3 Å². The number of benzene rings is 3. The number of ether oxygens (including phenoxy) is 2. The van der Waals surface area contributed by atoms with E-state index in [4.69, 9.17) is 9.47 Å². The number of methoxy groups -OCH3 is 2. The predicted molar refractivity (Wildman–Crippen MR) is 123 cm³/mol. The minimum atomic E-state index is -1.04. The Bertz CT molecular complexity index is 1240. The fourth-order valence-corrected chi connectivity index (χ4v) is 3.90. The molecular weight excluding hydrogens is 420 g/mol. The molecule has 0 saturated heterocycles. The van der Waals surface area contributed by atoms with Gasteiger partial charge in [-0.25, -0.2) is 9.59 Å². The molecule has 33 heavy (non-hydrogen) atoms. The molecule has 1 aliphatic rings. The van der Waals surface area contributed by atoms with Crippen LogP contribution < -0.4 is 4.90 Å². The van der Waals surface area contributed by atoms with Gasteiger partial charge in [-0.2, -0.15) is 4.58 Å². The topological polar surface area (TPSA) is 79.1 Å². The summed E-state index contributed by atoms with van der Waals surface area (Å²) >= 11 is 0. The lowest BCUT2D eigenvalue weighted by Crippen LogP contribution is -2.40. The minimum absolute atomic E-state index is 0.325. The zero-order valence-electron chi connectivity index (χ0n) is 18.2. The summed E-state index contributed by atoms with van der Waals surface area (Å²) in [5, 5.41) is 10.7. The molecule has 4 rings (SSSR count). The highest BCUT2D eigenvalue weighted by molar-refractivity contribution is 5.98. The van der Waals surface area contributed by atoms with E-state index in [2.05, 4.69) is 0 Å². The van der Waals surface area contributed by atoms with Gasteiger partial charge in [0.15, 0.2) is 6.21 Å². The van der Waals surface area contributed by atoms with Crippen molar-refractivity contribution in [1.29, 1.82) is 0 Å². The molecule has 7 nitrogen and oxygen atoms in total. The number of nitrogens with zero attached hydrogens (tertiary/aromatic N) is 2. The fraction of sp³-hybridized carbons (Fsp3) is 0.115. The normalized spacial score (nSPS) is 15.6. The van der Waals surface area contributed by atoms with E-state index in [0.717, 1.165) is 29.6 Å². The lowest BCUT2D eigenvalue weighted by atomic mass is 10.0. The smallest absolute Gasteiger partial charge is 0.407 e. The van der Waals surface area contributed by atoms with Gasteiger partial charge in [0, 0.05) is 11.3 Å². The molecular formula is C26H23N2O5+. The quantitative estimate of drug-likeness (QED) is 0.277. The molecule has 166 valence electrons. The number of hydrogen-bond donors (Lipinski definition) is 1. The summed E-state index contributed by atoms with van der Waals surface area (Å²) < 4.78 is 11.2. The lowest BCUT2D eigenvalue weighted by Gasteiger charge is -2.35. The van der Waals surface area contributed by atoms with Crippen molar-refractivity contribution in [3.8, 4) is 0 Å². The Morgan fingerprint density at radius 1 is 0.818 bits per heavy atom. The van der Waals surface area contributed by atoms with Crippen LogP contribution in [0.15, 0.2) is 96.4 Å². The average Bonchev–Trinajstić information content (AvgIpc) is 2.88. The largest absolute Gasteiger partial charge is 0.497 e. The molecule has 0 fully saturated rings. The van der Waals surface area contributed by atoms with Crippen LogP contribution in [0, 0.1) is 0 Å². The molecule has 1 atom stereocenters. The summed E-state index contributed by atoms with van der Waals surface area (Å²) in [6.07, 6.45) is 1.10. The van der Waals surface area contributed by atoms with Crippen molar-refractivity contribution in [1.82, 2.24) is 0 Å². The van der Waals surface area contributed by atoms with Crippen molar-refractivity contribution in [3.05, 3.63) is 108 Å². The number of carbonyl (C=O) groups is 2. The Morgan fingerprint density at radius 3 is 2.03 bits per heavy atom. The molecule has 1 aliphatic heterocycles. The van der Waals surface area contributed by atoms with Crippen LogP contribution in [0.25, 0.3) is 0 Å². The van der Waals surface area contributed by atoms with Gasteiger partial charge in [0.1, 0.15) is 0 Å². The number of fused-ring (bicyclic) bond motifs is 1. The standard InChI is InChI=1S/C26H22N2O5/c1-32-25(30)22(23(29)26(31)33-2)27-17-19-13-9-10-16-21(19)28(20-14-7-4-8-15-20)24(27)18-11-5-3-6-12-18/h3-17,24H,1-2H3/p+1. The van der Waals surface area contributed by atoms with Gasteiger partial charge >= 0.3 is 17.6 Å². The molecule has 1 N–H and O–H groups in total. The number of aliphatic hydroxyl groups excluding tert-OH is 1. The van der Waals surface area contributed by atoms with Gasteiger partial charge in [0.05, 0.1) is 25.5 Å². The van der Waals surface area contributed by atoms with Gasteiger partial charge in [-0.1, -0.05) is 60.7 Å². The number of aliphatic hydroxyl groups is 1. The molecule has 3 aromatic rings. The highest BCUT2D eigenvalue weighted by atomic mass is 16.5. The molecule has 0 aromatic heterocycles. The SMILES string of the molecule is COC(=O)/C(O)=C(\C(=O)OC)[N+]1=Cc2ccccc2N(c2ccccc2)C1c1ccccc1. The number of esters is 2. The second-order valence-electron chi connectivity index (χ2n) is 7.27. The lowest BCUT2D eigenvalue weighted by molar-refractivity contribution is -0.517. The van der Waals surface area contributed by atoms with Crippen LogP contribution in [0.5, 0.6) is 0 Å². The van der Waals surface area contributed by atoms with Gasteiger partial charge in [-0.05, 0) is 24.3 Å². The maximum Gasteiger partial charge on any atom is 0.407 e. The summed E-state index contributed by atoms with van der Waals surface area (Å²) in [6.45, 7) is 0. The second-order valence-corrected chi connectivity index (χ2v) is 7.27. The third kappa shape index (κ3) is 4.08. The molecule has 0 bridgehead atoms. The maximum absolute atomic E-state index is 12.9. The molecule has 1 unspecified atom stereocenters. The first-order valence-electron chi connectivity index (χ1n) is 10.3. The average molecular weight is 443 g/mol. The molecule has 0 saturated carbocycles. The molecule has 3 aromatic carbocycles. The van der Waals surface area contributed by atoms with Crippen LogP contribution in [0.4, 0.5) is 11.4 Å². The van der Waals surface area contributed by atoms with Crippen LogP contribution in [0.2, 0.25) is 0 Å². The highest BCUT2D eigenvalue weighted by Crippen LogP contribution is 2.41. The Hall–Kier alpha value is -4.39. The van der Waals surface area contributed by atoms with E-state index in [1.54, 1.807) is 10.8 Å². The monoisotopic (exact) mass is 443 g/mol. The predicted octanol–water partition coefficient (Wildman–Crippen LogP) is 4.08. The van der Waals surface area contributed by atoms with E-state index < -0.39 is 23.9 Å². The zero-order chi connectivity index (χ0) is 23.4. The zero-order valence-corrected chi connectivity index (χ0v) is 18.2. The van der Waals surface area contributed by atoms with Gasteiger partial charge < -0.3 is 14.6 Å². The first kappa shape index (κ1) is 21.8. The number of hydrogen-bond acceptors (Lipinski definition) is 6. The first-order chi connectivity index (χ1) is 16.1. The second kappa shape index (κ2) is 9.40. The van der Waals surface area contributed by atoms with Crippen LogP contribution >= 0.6 is 0 Å². The van der Waals surface area contributed by atoms with E-state index in [9.17, 15) is 14.7 Å². The molecule has 0 aliphatic carbocycles. The molecule has 1 heterocycles. The summed E-state index contributed by atoms with van der Waals surface area (Å²) in [5.74, 6) is -2.75. The molecule has 7 heteroatoms. The van der Waals surface area contributed by atoms with Crippen LogP contribution in [0.3, 0.4) is 0 Å². The van der Waals surface area contributed by atoms with Gasteiger partial charge in [-0.15, -0.1) is 0 Å². The summed E-state index contributed by atoms with van der Waals surface area (Å²) in [7, 11) is 2.32. The number of rotatable bonds is 5. The Kier molecular flexibility index (Phi) is 6.22. The van der Waals surface area contributed by atoms with E-state index in [1.807, 2.05) is 89.8 Å². The maximum atomic E-state index is 12.9. The number of para-hydroxylation sites is 2. The van der Waals surface area contributed by atoms with Gasteiger partial charge in [0.2, 0.25) is 0 Å². The van der Waals surface area contributed by atoms with E-state index in [-0.39, 0.29) is 5.70 Å². The van der Waals surface area contributed by atoms with E-state index in [1.165, 1.54) is 7.11 Å². The Labute approximate surface area is 191 Å². The van der Waals surface area contributed by atoms with Crippen LogP contribution in [-0.2, 0) is 19.1 Å². The first-order valence-corrected chi connectivity index (χ1v) is 10.3. The minimum Gasteiger partial charge on any atom is -0.497 e. The third-order valence-corrected chi connectivity index (χ3v) is 5.35. The van der Waals surface area contributed by atoms with Crippen molar-refractivity contribution < 1.29 is 28.7 Å². The molecule has 0 radical (unpaired) electrons. The van der Waals surface area contributed by atoms with Crippen molar-refractivity contribution in [2.45, 2.75) is 6.17 Å². The highest BCUT2D eigenvalue weighted by Gasteiger charge is 2.44. The summed E-state index contributed by atoms with van der Waals surface area (Å²) in [6, 6.07) is 26.9. The van der Waals surface area contributed by atoms with Crippen molar-refractivity contribution in [2.75, 3.05) is 19.1 Å². The molecule has 0 spiro atoms. The summed E-state index contributed by atoms with van der Waals surface area (Å²) in [5.41, 5.74) is 3.04. The third-order valence-electron chi connectivity index (χ3n) is 5.35. The van der Waals surface area contributed by atoms with Crippen LogP contribution in [-0.4, -0.2) is 42.1 Å². The number of anilines is 2. The Morgan fingerprint density at radius 2 is 1.39 bits per heavy atom. The fourth-order valence-electron chi connectivity index (χ4n) is 3.90.